The van der Waals surface area contributed by atoms with E-state index >= 15 is 0 Å². The van der Waals surface area contributed by atoms with Crippen LogP contribution < -0.4 is 10.1 Å². The van der Waals surface area contributed by atoms with Crippen LogP contribution in [0.15, 0.2) is 48.8 Å². The van der Waals surface area contributed by atoms with E-state index in [9.17, 15) is 13.2 Å². The molecule has 3 rings (SSSR count). The Morgan fingerprint density at radius 2 is 1.75 bits per heavy atom. The van der Waals surface area contributed by atoms with Gasteiger partial charge in [0.1, 0.15) is 10.4 Å². The summed E-state index contributed by atoms with van der Waals surface area (Å²) in [5.41, 5.74) is 1.65. The highest BCUT2D eigenvalue weighted by Crippen LogP contribution is 2.47. The number of nitrogens with one attached hydrogen (secondary N) is 1. The number of carbonyl (C=O) groups is 1. The normalized spacial score (nSPS) is 11.6. The molecule has 0 aliphatic rings. The van der Waals surface area contributed by atoms with Crippen LogP contribution >= 0.6 is 47.8 Å². The summed E-state index contributed by atoms with van der Waals surface area (Å²) >= 11 is 10.3. The fraction of sp³-hybridized carbons (Fsp3) is 0.167. The molecule has 10 heteroatoms. The molecule has 0 atom stereocenters. The van der Waals surface area contributed by atoms with E-state index in [1.165, 1.54) is 14.0 Å². The number of aryl methyl sites for hydroxylation is 1. The third-order valence-electron chi connectivity index (χ3n) is 4.07. The molecule has 3 aromatic rings. The first-order chi connectivity index (χ1) is 13.1. The summed E-state index contributed by atoms with van der Waals surface area (Å²) in [5, 5.41) is 3.21. The number of rotatable bonds is 4. The van der Waals surface area contributed by atoms with E-state index < -0.39 is 10.0 Å². The van der Waals surface area contributed by atoms with E-state index in [2.05, 4.69) is 53.1 Å². The van der Waals surface area contributed by atoms with Crippen LogP contribution in [0.2, 0.25) is 0 Å². The Balaban J connectivity index is 2.45. The van der Waals surface area contributed by atoms with E-state index in [-0.39, 0.29) is 15.4 Å². The van der Waals surface area contributed by atoms with Gasteiger partial charge in [-0.2, -0.15) is 0 Å². The van der Waals surface area contributed by atoms with Crippen LogP contribution in [-0.2, 0) is 14.8 Å². The van der Waals surface area contributed by atoms with E-state index in [4.69, 9.17) is 4.74 Å². The van der Waals surface area contributed by atoms with Crippen molar-refractivity contribution in [1.29, 1.82) is 0 Å². The van der Waals surface area contributed by atoms with Crippen LogP contribution in [0.1, 0.15) is 12.5 Å². The molecule has 0 aliphatic heterocycles. The number of halogens is 3. The molecule has 0 unspecified atom stereocenters. The number of hydrogen-bond donors (Lipinski definition) is 1. The molecule has 1 N–H and O–H groups in total. The minimum Gasteiger partial charge on any atom is -0.494 e. The zero-order chi connectivity index (χ0) is 20.8. The van der Waals surface area contributed by atoms with Crippen molar-refractivity contribution >= 4 is 80.3 Å². The van der Waals surface area contributed by atoms with Crippen LogP contribution in [-0.4, -0.2) is 25.4 Å². The number of hydrogen-bond acceptors (Lipinski definition) is 4. The molecule has 0 spiro atoms. The zero-order valence-corrected chi connectivity index (χ0v) is 20.6. The zero-order valence-electron chi connectivity index (χ0n) is 15.0. The van der Waals surface area contributed by atoms with Gasteiger partial charge in [0, 0.05) is 12.3 Å². The predicted octanol–water partition coefficient (Wildman–Crippen LogP) is 5.44. The lowest BCUT2D eigenvalue weighted by Gasteiger charge is -2.11. The average Bonchev–Trinajstić information content (AvgIpc) is 2.87. The maximum atomic E-state index is 13.4. The summed E-state index contributed by atoms with van der Waals surface area (Å²) in [4.78, 5) is 11.9. The number of nitrogens with zero attached hydrogens (tertiary/aromatic N) is 1. The molecule has 0 radical (unpaired) electrons. The second-order valence-corrected chi connectivity index (χ2v) is 10.2. The summed E-state index contributed by atoms with van der Waals surface area (Å²) < 4.78 is 34.7. The van der Waals surface area contributed by atoms with Gasteiger partial charge in [-0.1, -0.05) is 17.7 Å². The molecular formula is C18H15Br3N2O4S. The summed E-state index contributed by atoms with van der Waals surface area (Å²) in [5.74, 6) is 0.151. The van der Waals surface area contributed by atoms with Crippen LogP contribution in [0.25, 0.3) is 10.9 Å². The molecule has 1 heterocycles. The molecule has 0 saturated heterocycles. The molecule has 6 nitrogen and oxygen atoms in total. The van der Waals surface area contributed by atoms with Gasteiger partial charge in [0.05, 0.1) is 32.2 Å². The molecule has 28 heavy (non-hydrogen) atoms. The molecule has 1 aromatic heterocycles. The SMILES string of the molecule is COc1c(Br)cc2c(c1Br)c(NC(C)=O)c(Br)n2S(=O)(=O)c1ccc(C)cc1. The summed E-state index contributed by atoms with van der Waals surface area (Å²) in [6, 6.07) is 8.20. The number of ether oxygens (including phenoxy) is 1. The number of aromatic nitrogens is 1. The number of methoxy groups -OCH3 is 1. The molecule has 0 saturated carbocycles. The molecular weight excluding hydrogens is 580 g/mol. The number of benzene rings is 2. The molecule has 0 bridgehead atoms. The van der Waals surface area contributed by atoms with E-state index in [0.29, 0.717) is 31.3 Å². The van der Waals surface area contributed by atoms with Crippen LogP contribution in [0.5, 0.6) is 5.75 Å². The van der Waals surface area contributed by atoms with Gasteiger partial charge in [0.25, 0.3) is 10.0 Å². The van der Waals surface area contributed by atoms with Gasteiger partial charge >= 0.3 is 0 Å². The van der Waals surface area contributed by atoms with Gasteiger partial charge < -0.3 is 10.1 Å². The fourth-order valence-corrected chi connectivity index (χ4v) is 6.90. The Labute approximate surface area is 187 Å². The van der Waals surface area contributed by atoms with Crippen molar-refractivity contribution in [3.8, 4) is 5.75 Å². The van der Waals surface area contributed by atoms with Crippen LogP contribution in [0.4, 0.5) is 5.69 Å². The van der Waals surface area contributed by atoms with Gasteiger partial charge in [-0.15, -0.1) is 0 Å². The van der Waals surface area contributed by atoms with Crippen molar-refractivity contribution in [2.75, 3.05) is 12.4 Å². The van der Waals surface area contributed by atoms with E-state index in [1.54, 1.807) is 30.3 Å². The van der Waals surface area contributed by atoms with Gasteiger partial charge in [-0.3, -0.25) is 4.79 Å². The van der Waals surface area contributed by atoms with Gasteiger partial charge in [-0.05, 0) is 72.9 Å². The minimum atomic E-state index is -3.95. The molecule has 148 valence electrons. The number of anilines is 1. The highest BCUT2D eigenvalue weighted by atomic mass is 79.9. The predicted molar refractivity (Wildman–Crippen MR) is 120 cm³/mol. The first-order valence-electron chi connectivity index (χ1n) is 7.95. The van der Waals surface area contributed by atoms with Crippen molar-refractivity contribution in [1.82, 2.24) is 3.97 Å². The first kappa shape index (κ1) is 21.4. The molecule has 1 amide bonds. The Morgan fingerprint density at radius 1 is 1.14 bits per heavy atom. The van der Waals surface area contributed by atoms with Gasteiger partial charge in [0.15, 0.2) is 0 Å². The van der Waals surface area contributed by atoms with Gasteiger partial charge in [-0.25, -0.2) is 12.4 Å². The quantitative estimate of drug-likeness (QED) is 0.436. The lowest BCUT2D eigenvalue weighted by atomic mass is 10.2. The summed E-state index contributed by atoms with van der Waals surface area (Å²) in [6.45, 7) is 3.24. The van der Waals surface area contributed by atoms with Crippen molar-refractivity contribution in [2.24, 2.45) is 0 Å². The molecule has 0 fully saturated rings. The van der Waals surface area contributed by atoms with Crippen LogP contribution in [0.3, 0.4) is 0 Å². The summed E-state index contributed by atoms with van der Waals surface area (Å²) in [7, 11) is -2.44. The second kappa shape index (κ2) is 7.81. The van der Waals surface area contributed by atoms with Gasteiger partial charge in [0.2, 0.25) is 5.91 Å². The monoisotopic (exact) mass is 592 g/mol. The van der Waals surface area contributed by atoms with Crippen molar-refractivity contribution < 1.29 is 17.9 Å². The lowest BCUT2D eigenvalue weighted by molar-refractivity contribution is -0.114. The smallest absolute Gasteiger partial charge is 0.269 e. The third-order valence-corrected chi connectivity index (χ3v) is 8.13. The Bertz CT molecular complexity index is 1200. The second-order valence-electron chi connectivity index (χ2n) is 6.03. The highest BCUT2D eigenvalue weighted by molar-refractivity contribution is 9.11. The fourth-order valence-electron chi connectivity index (χ4n) is 2.82. The number of amides is 1. The maximum Gasteiger partial charge on any atom is 0.269 e. The largest absolute Gasteiger partial charge is 0.494 e. The highest BCUT2D eigenvalue weighted by Gasteiger charge is 2.29. The Hall–Kier alpha value is -1.36. The van der Waals surface area contributed by atoms with Crippen molar-refractivity contribution in [3.05, 3.63) is 49.4 Å². The van der Waals surface area contributed by atoms with Crippen molar-refractivity contribution in [3.63, 3.8) is 0 Å². The molecule has 0 aliphatic carbocycles. The maximum absolute atomic E-state index is 13.4. The van der Waals surface area contributed by atoms with E-state index in [1.807, 2.05) is 6.92 Å². The lowest BCUT2D eigenvalue weighted by Crippen LogP contribution is -2.14. The number of carbonyl (C=O) groups excluding carboxylic acids is 1. The third kappa shape index (κ3) is 3.51. The topological polar surface area (TPSA) is 77.4 Å². The Kier molecular flexibility index (Phi) is 5.96. The van der Waals surface area contributed by atoms with E-state index in [0.717, 1.165) is 9.54 Å². The van der Waals surface area contributed by atoms with Crippen LogP contribution in [0, 0.1) is 6.92 Å². The first-order valence-corrected chi connectivity index (χ1v) is 11.8. The Morgan fingerprint density at radius 3 is 2.29 bits per heavy atom. The summed E-state index contributed by atoms with van der Waals surface area (Å²) in [6.07, 6.45) is 0. The standard InChI is InChI=1S/C18H15Br3N2O4S/c1-9-4-6-11(7-5-9)28(25,26)23-13-8-12(19)17(27-3)15(20)14(13)16(18(23)21)22-10(2)24/h4-8H,1-3H3,(H,22,24). The number of fused-ring (bicyclic) bond motifs is 1. The minimum absolute atomic E-state index is 0.133. The van der Waals surface area contributed by atoms with Crippen molar-refractivity contribution in [2.45, 2.75) is 18.7 Å². The average molecular weight is 595 g/mol. The molecule has 2 aromatic carbocycles.